The van der Waals surface area contributed by atoms with Crippen LogP contribution in [0.15, 0.2) is 50.8 Å². The highest BCUT2D eigenvalue weighted by Crippen LogP contribution is 2.21. The number of amides is 2. The fourth-order valence-electron chi connectivity index (χ4n) is 2.85. The molecule has 2 N–H and O–H groups in total. The minimum Gasteiger partial charge on any atom is -0.460 e. The van der Waals surface area contributed by atoms with Crippen molar-refractivity contribution in [3.05, 3.63) is 53.5 Å². The van der Waals surface area contributed by atoms with Crippen molar-refractivity contribution in [3.8, 4) is 0 Å². The van der Waals surface area contributed by atoms with Crippen LogP contribution in [0.3, 0.4) is 0 Å². The molecule has 0 bridgehead atoms. The first-order valence-electron chi connectivity index (χ1n) is 9.13. The number of hydrogen-bond donors (Lipinski definition) is 2. The largest absolute Gasteiger partial charge is 0.460 e. The standard InChI is InChI=1S/C19H22N4O5S/c1-14-4-7-16(28-14)12-21-22-18(24)13-20-19(25)15-5-8-17(9-6-15)29(26,27)23-10-2-3-11-23/h4-9,12H,2-3,10-11,13H2,1H3,(H,20,25)(H,22,24)/b21-12-. The van der Waals surface area contributed by atoms with E-state index in [1.165, 1.54) is 34.8 Å². The van der Waals surface area contributed by atoms with Crippen molar-refractivity contribution in [2.24, 2.45) is 5.10 Å². The molecule has 29 heavy (non-hydrogen) atoms. The molecule has 1 aromatic heterocycles. The lowest BCUT2D eigenvalue weighted by atomic mass is 10.2. The molecule has 0 spiro atoms. The van der Waals surface area contributed by atoms with Gasteiger partial charge in [-0.2, -0.15) is 9.41 Å². The highest BCUT2D eigenvalue weighted by molar-refractivity contribution is 7.89. The van der Waals surface area contributed by atoms with E-state index in [1.807, 2.05) is 0 Å². The van der Waals surface area contributed by atoms with Crippen LogP contribution < -0.4 is 10.7 Å². The number of rotatable bonds is 7. The first-order chi connectivity index (χ1) is 13.9. The van der Waals surface area contributed by atoms with Crippen molar-refractivity contribution in [3.63, 3.8) is 0 Å². The molecule has 1 aliphatic heterocycles. The monoisotopic (exact) mass is 418 g/mol. The first-order valence-corrected chi connectivity index (χ1v) is 10.6. The van der Waals surface area contributed by atoms with Crippen LogP contribution in [0, 0.1) is 6.92 Å². The fourth-order valence-corrected chi connectivity index (χ4v) is 4.37. The van der Waals surface area contributed by atoms with E-state index in [1.54, 1.807) is 19.1 Å². The van der Waals surface area contributed by atoms with Gasteiger partial charge in [-0.25, -0.2) is 13.8 Å². The van der Waals surface area contributed by atoms with Crippen molar-refractivity contribution >= 4 is 28.1 Å². The molecular weight excluding hydrogens is 396 g/mol. The van der Waals surface area contributed by atoms with E-state index in [-0.39, 0.29) is 17.0 Å². The number of nitrogens with one attached hydrogen (secondary N) is 2. The number of aryl methyl sites for hydroxylation is 1. The zero-order chi connectivity index (χ0) is 20.9. The van der Waals surface area contributed by atoms with Crippen LogP contribution in [0.4, 0.5) is 0 Å². The second-order valence-electron chi connectivity index (χ2n) is 6.56. The number of sulfonamides is 1. The summed E-state index contributed by atoms with van der Waals surface area (Å²) in [6.45, 7) is 2.55. The third-order valence-electron chi connectivity index (χ3n) is 4.37. The Bertz CT molecular complexity index is 1010. The van der Waals surface area contributed by atoms with E-state index >= 15 is 0 Å². The molecule has 3 rings (SSSR count). The Hall–Kier alpha value is -2.98. The molecule has 1 saturated heterocycles. The Morgan fingerprint density at radius 3 is 2.45 bits per heavy atom. The molecule has 1 aliphatic rings. The van der Waals surface area contributed by atoms with Crippen LogP contribution >= 0.6 is 0 Å². The highest BCUT2D eigenvalue weighted by atomic mass is 32.2. The van der Waals surface area contributed by atoms with E-state index in [0.717, 1.165) is 18.6 Å². The third-order valence-corrected chi connectivity index (χ3v) is 6.28. The summed E-state index contributed by atoms with van der Waals surface area (Å²) in [7, 11) is -3.52. The van der Waals surface area contributed by atoms with Gasteiger partial charge in [0.25, 0.3) is 11.8 Å². The maximum Gasteiger partial charge on any atom is 0.259 e. The van der Waals surface area contributed by atoms with Gasteiger partial charge in [0.1, 0.15) is 11.5 Å². The zero-order valence-electron chi connectivity index (χ0n) is 15.9. The third kappa shape index (κ3) is 5.30. The van der Waals surface area contributed by atoms with Crippen molar-refractivity contribution in [1.29, 1.82) is 0 Å². The predicted octanol–water partition coefficient (Wildman–Crippen LogP) is 1.25. The minimum atomic E-state index is -3.52. The number of nitrogens with zero attached hydrogens (tertiary/aromatic N) is 2. The van der Waals surface area contributed by atoms with Gasteiger partial charge in [-0.1, -0.05) is 0 Å². The average Bonchev–Trinajstić information content (AvgIpc) is 3.38. The average molecular weight is 418 g/mol. The SMILES string of the molecule is Cc1ccc(/C=N\NC(=O)CNC(=O)c2ccc(S(=O)(=O)N3CCCC3)cc2)o1. The summed E-state index contributed by atoms with van der Waals surface area (Å²) in [5.74, 6) is 0.224. The van der Waals surface area contributed by atoms with Gasteiger partial charge in [0.2, 0.25) is 10.0 Å². The summed E-state index contributed by atoms with van der Waals surface area (Å²) in [6.07, 6.45) is 3.06. The van der Waals surface area contributed by atoms with E-state index in [9.17, 15) is 18.0 Å². The van der Waals surface area contributed by atoms with Crippen LogP contribution in [0.25, 0.3) is 0 Å². The Labute approximate surface area is 168 Å². The van der Waals surface area contributed by atoms with Gasteiger partial charge in [0, 0.05) is 18.7 Å². The van der Waals surface area contributed by atoms with Gasteiger partial charge in [0.05, 0.1) is 17.7 Å². The van der Waals surface area contributed by atoms with Gasteiger partial charge in [-0.05, 0) is 56.2 Å². The summed E-state index contributed by atoms with van der Waals surface area (Å²) in [4.78, 5) is 24.1. The topological polar surface area (TPSA) is 121 Å². The summed E-state index contributed by atoms with van der Waals surface area (Å²) in [5.41, 5.74) is 2.54. The van der Waals surface area contributed by atoms with Crippen LogP contribution in [0.2, 0.25) is 0 Å². The molecule has 2 aromatic rings. The molecular formula is C19H22N4O5S. The van der Waals surface area contributed by atoms with E-state index in [0.29, 0.717) is 18.8 Å². The molecule has 10 heteroatoms. The van der Waals surface area contributed by atoms with Crippen molar-refractivity contribution in [2.45, 2.75) is 24.7 Å². The van der Waals surface area contributed by atoms with E-state index < -0.39 is 21.8 Å². The quantitative estimate of drug-likeness (QED) is 0.518. The maximum absolute atomic E-state index is 12.5. The Morgan fingerprint density at radius 2 is 1.83 bits per heavy atom. The van der Waals surface area contributed by atoms with Crippen LogP contribution in [0.5, 0.6) is 0 Å². The normalized spacial score (nSPS) is 14.9. The maximum atomic E-state index is 12.5. The molecule has 154 valence electrons. The Kier molecular flexibility index (Phi) is 6.45. The van der Waals surface area contributed by atoms with Gasteiger partial charge >= 0.3 is 0 Å². The van der Waals surface area contributed by atoms with Gasteiger partial charge < -0.3 is 9.73 Å². The summed E-state index contributed by atoms with van der Waals surface area (Å²) in [6, 6.07) is 9.13. The molecule has 0 unspecified atom stereocenters. The number of carbonyl (C=O) groups is 2. The first kappa shape index (κ1) is 20.7. The Morgan fingerprint density at radius 1 is 1.14 bits per heavy atom. The summed E-state index contributed by atoms with van der Waals surface area (Å²) in [5, 5.41) is 6.20. The lowest BCUT2D eigenvalue weighted by Crippen LogP contribution is -2.35. The van der Waals surface area contributed by atoms with Crippen molar-refractivity contribution in [2.75, 3.05) is 19.6 Å². The summed E-state index contributed by atoms with van der Waals surface area (Å²) < 4.78 is 31.7. The minimum absolute atomic E-state index is 0.149. The molecule has 2 heterocycles. The molecule has 1 fully saturated rings. The lowest BCUT2D eigenvalue weighted by molar-refractivity contribution is -0.120. The van der Waals surface area contributed by atoms with E-state index in [4.69, 9.17) is 4.42 Å². The molecule has 0 saturated carbocycles. The smallest absolute Gasteiger partial charge is 0.259 e. The number of hydrogen-bond acceptors (Lipinski definition) is 6. The van der Waals surface area contributed by atoms with E-state index in [2.05, 4.69) is 15.8 Å². The molecule has 9 nitrogen and oxygen atoms in total. The van der Waals surface area contributed by atoms with Crippen molar-refractivity contribution in [1.82, 2.24) is 15.0 Å². The van der Waals surface area contributed by atoms with Gasteiger partial charge in [-0.3, -0.25) is 9.59 Å². The predicted molar refractivity (Wildman–Crippen MR) is 106 cm³/mol. The lowest BCUT2D eigenvalue weighted by Gasteiger charge is -2.15. The second kappa shape index (κ2) is 9.01. The highest BCUT2D eigenvalue weighted by Gasteiger charge is 2.27. The number of benzene rings is 1. The molecule has 2 amide bonds. The number of hydrazone groups is 1. The molecule has 0 radical (unpaired) electrons. The van der Waals surface area contributed by atoms with Crippen LogP contribution in [-0.2, 0) is 14.8 Å². The van der Waals surface area contributed by atoms with Crippen LogP contribution in [-0.4, -0.2) is 50.4 Å². The van der Waals surface area contributed by atoms with Gasteiger partial charge in [-0.15, -0.1) is 0 Å². The van der Waals surface area contributed by atoms with Crippen molar-refractivity contribution < 1.29 is 22.4 Å². The fraction of sp³-hybridized carbons (Fsp3) is 0.316. The zero-order valence-corrected chi connectivity index (χ0v) is 16.7. The number of carbonyl (C=O) groups excluding carboxylic acids is 2. The molecule has 0 atom stereocenters. The second-order valence-corrected chi connectivity index (χ2v) is 8.50. The number of furan rings is 1. The summed E-state index contributed by atoms with van der Waals surface area (Å²) >= 11 is 0. The Balaban J connectivity index is 1.50. The molecule has 0 aliphatic carbocycles. The molecule has 1 aromatic carbocycles. The van der Waals surface area contributed by atoms with Crippen LogP contribution in [0.1, 0.15) is 34.7 Å². The van der Waals surface area contributed by atoms with Gasteiger partial charge in [0.15, 0.2) is 0 Å².